The molecule has 0 rings (SSSR count). The summed E-state index contributed by atoms with van der Waals surface area (Å²) in [5.74, 6) is -0.492. The predicted molar refractivity (Wildman–Crippen MR) is 63.1 cm³/mol. The lowest BCUT2D eigenvalue weighted by atomic mass is 9.89. The van der Waals surface area contributed by atoms with Crippen molar-refractivity contribution in [3.8, 4) is 0 Å². The molecule has 4 heteroatoms. The maximum atomic E-state index is 11.7. The van der Waals surface area contributed by atoms with E-state index in [0.717, 1.165) is 6.42 Å². The quantitative estimate of drug-likeness (QED) is 0.757. The second-order valence-corrected chi connectivity index (χ2v) is 5.36. The molecule has 0 heterocycles. The zero-order valence-electron chi connectivity index (χ0n) is 10.9. The van der Waals surface area contributed by atoms with E-state index >= 15 is 0 Å². The van der Waals surface area contributed by atoms with Crippen LogP contribution < -0.4 is 0 Å². The fourth-order valence-corrected chi connectivity index (χ4v) is 1.17. The summed E-state index contributed by atoms with van der Waals surface area (Å²) in [6.07, 6.45) is 0.993. The number of hydrogen-bond acceptors (Lipinski definition) is 2. The van der Waals surface area contributed by atoms with Gasteiger partial charge in [-0.15, -0.1) is 0 Å². The van der Waals surface area contributed by atoms with Crippen LogP contribution in [0.2, 0.25) is 0 Å². The summed E-state index contributed by atoms with van der Waals surface area (Å²) in [6, 6.07) is 0. The van der Waals surface area contributed by atoms with E-state index in [-0.39, 0.29) is 12.3 Å². The Balaban J connectivity index is 4.20. The van der Waals surface area contributed by atoms with Crippen LogP contribution in [0.4, 0.5) is 0 Å². The monoisotopic (exact) mass is 229 g/mol. The van der Waals surface area contributed by atoms with E-state index in [2.05, 4.69) is 13.8 Å². The molecule has 0 spiro atoms. The molecule has 0 aliphatic rings. The second-order valence-electron chi connectivity index (χ2n) is 5.36. The lowest BCUT2D eigenvalue weighted by Crippen LogP contribution is -2.35. The van der Waals surface area contributed by atoms with Crippen LogP contribution in [-0.2, 0) is 9.59 Å². The van der Waals surface area contributed by atoms with Gasteiger partial charge < -0.3 is 10.0 Å². The minimum absolute atomic E-state index is 0.0525. The van der Waals surface area contributed by atoms with Gasteiger partial charge in [0.05, 0.1) is 5.41 Å². The molecular formula is C12H23NO3. The molecule has 0 radical (unpaired) electrons. The van der Waals surface area contributed by atoms with Crippen molar-refractivity contribution in [1.82, 2.24) is 4.90 Å². The number of hydrogen-bond donors (Lipinski definition) is 1. The number of carboxylic acid groups (broad SMARTS) is 1. The Morgan fingerprint density at radius 3 is 2.19 bits per heavy atom. The fourth-order valence-electron chi connectivity index (χ4n) is 1.17. The van der Waals surface area contributed by atoms with Crippen molar-refractivity contribution in [2.45, 2.75) is 40.5 Å². The molecule has 4 nitrogen and oxygen atoms in total. The number of amides is 1. The minimum atomic E-state index is -0.983. The summed E-state index contributed by atoms with van der Waals surface area (Å²) in [6.45, 7) is 8.03. The van der Waals surface area contributed by atoms with Gasteiger partial charge in [0.1, 0.15) is 0 Å². The molecule has 0 saturated heterocycles. The third-order valence-electron chi connectivity index (χ3n) is 2.64. The van der Waals surface area contributed by atoms with Crippen LogP contribution in [0, 0.1) is 11.3 Å². The summed E-state index contributed by atoms with van der Waals surface area (Å²) in [7, 11) is 1.72. The van der Waals surface area contributed by atoms with Crippen molar-refractivity contribution in [1.29, 1.82) is 0 Å². The molecule has 1 amide bonds. The Labute approximate surface area is 97.6 Å². The molecular weight excluding hydrogens is 206 g/mol. The van der Waals surface area contributed by atoms with E-state index in [1.54, 1.807) is 25.8 Å². The van der Waals surface area contributed by atoms with E-state index < -0.39 is 11.4 Å². The van der Waals surface area contributed by atoms with Crippen molar-refractivity contribution in [3.05, 3.63) is 0 Å². The summed E-state index contributed by atoms with van der Waals surface area (Å²) >= 11 is 0. The number of rotatable bonds is 6. The highest BCUT2D eigenvalue weighted by molar-refractivity contribution is 5.84. The van der Waals surface area contributed by atoms with Gasteiger partial charge in [-0.25, -0.2) is 0 Å². The Hall–Kier alpha value is -1.06. The first-order chi connectivity index (χ1) is 7.16. The smallest absolute Gasteiger partial charge is 0.309 e. The van der Waals surface area contributed by atoms with E-state index in [0.29, 0.717) is 12.5 Å². The number of carbonyl (C=O) groups excluding carboxylic acids is 1. The Morgan fingerprint density at radius 1 is 1.31 bits per heavy atom. The molecule has 1 N–H and O–H groups in total. The molecule has 0 fully saturated rings. The minimum Gasteiger partial charge on any atom is -0.481 e. The first-order valence-electron chi connectivity index (χ1n) is 5.64. The molecule has 0 bridgehead atoms. The van der Waals surface area contributed by atoms with E-state index in [1.807, 2.05) is 0 Å². The number of aliphatic carboxylic acids is 1. The Kier molecular flexibility index (Phi) is 5.48. The van der Waals surface area contributed by atoms with Gasteiger partial charge in [0, 0.05) is 20.0 Å². The summed E-state index contributed by atoms with van der Waals surface area (Å²) in [5, 5.41) is 8.92. The van der Waals surface area contributed by atoms with Gasteiger partial charge in [0.15, 0.2) is 0 Å². The zero-order chi connectivity index (χ0) is 12.9. The molecule has 16 heavy (non-hydrogen) atoms. The van der Waals surface area contributed by atoms with Crippen LogP contribution >= 0.6 is 0 Å². The summed E-state index contributed by atoms with van der Waals surface area (Å²) in [5.41, 5.74) is -0.983. The molecule has 94 valence electrons. The first kappa shape index (κ1) is 14.9. The molecule has 0 unspecified atom stereocenters. The van der Waals surface area contributed by atoms with Crippen molar-refractivity contribution >= 4 is 11.9 Å². The maximum absolute atomic E-state index is 11.7. The van der Waals surface area contributed by atoms with Gasteiger partial charge in [-0.3, -0.25) is 9.59 Å². The number of carboxylic acids is 1. The molecule has 0 aromatic heterocycles. The van der Waals surface area contributed by atoms with Crippen molar-refractivity contribution < 1.29 is 14.7 Å². The largest absolute Gasteiger partial charge is 0.481 e. The average Bonchev–Trinajstić information content (AvgIpc) is 2.12. The lowest BCUT2D eigenvalue weighted by Gasteiger charge is -2.23. The van der Waals surface area contributed by atoms with Crippen LogP contribution in [0.15, 0.2) is 0 Å². The zero-order valence-corrected chi connectivity index (χ0v) is 10.9. The van der Waals surface area contributed by atoms with Crippen molar-refractivity contribution in [2.24, 2.45) is 11.3 Å². The molecule has 0 saturated carbocycles. The van der Waals surface area contributed by atoms with Crippen LogP contribution in [0.3, 0.4) is 0 Å². The highest BCUT2D eigenvalue weighted by Crippen LogP contribution is 2.21. The molecule has 0 aliphatic carbocycles. The first-order valence-corrected chi connectivity index (χ1v) is 5.64. The third kappa shape index (κ3) is 5.14. The standard InChI is InChI=1S/C12H23NO3/c1-9(2)6-7-13(5)10(14)8-12(3,4)11(15)16/h9H,6-8H2,1-5H3,(H,15,16). The summed E-state index contributed by atoms with van der Waals surface area (Å²) < 4.78 is 0. The third-order valence-corrected chi connectivity index (χ3v) is 2.64. The average molecular weight is 229 g/mol. The van der Waals surface area contributed by atoms with Crippen LogP contribution in [0.25, 0.3) is 0 Å². The normalized spacial score (nSPS) is 11.6. The Morgan fingerprint density at radius 2 is 1.81 bits per heavy atom. The van der Waals surface area contributed by atoms with Crippen LogP contribution in [0.5, 0.6) is 0 Å². The van der Waals surface area contributed by atoms with Gasteiger partial charge >= 0.3 is 5.97 Å². The van der Waals surface area contributed by atoms with Gasteiger partial charge in [-0.2, -0.15) is 0 Å². The van der Waals surface area contributed by atoms with Crippen molar-refractivity contribution in [2.75, 3.05) is 13.6 Å². The molecule has 0 aromatic carbocycles. The van der Waals surface area contributed by atoms with E-state index in [1.165, 1.54) is 0 Å². The van der Waals surface area contributed by atoms with Crippen LogP contribution in [0.1, 0.15) is 40.5 Å². The number of carbonyl (C=O) groups is 2. The topological polar surface area (TPSA) is 57.6 Å². The van der Waals surface area contributed by atoms with Gasteiger partial charge in [0.25, 0.3) is 0 Å². The second kappa shape index (κ2) is 5.87. The van der Waals surface area contributed by atoms with E-state index in [4.69, 9.17) is 5.11 Å². The van der Waals surface area contributed by atoms with Gasteiger partial charge in [0.2, 0.25) is 5.91 Å². The molecule has 0 atom stereocenters. The fraction of sp³-hybridized carbons (Fsp3) is 0.833. The molecule has 0 aromatic rings. The summed E-state index contributed by atoms with van der Waals surface area (Å²) in [4.78, 5) is 24.2. The van der Waals surface area contributed by atoms with Crippen molar-refractivity contribution in [3.63, 3.8) is 0 Å². The lowest BCUT2D eigenvalue weighted by molar-refractivity contribution is -0.151. The maximum Gasteiger partial charge on any atom is 0.309 e. The molecule has 0 aliphatic heterocycles. The highest BCUT2D eigenvalue weighted by Gasteiger charge is 2.31. The van der Waals surface area contributed by atoms with Gasteiger partial charge in [-0.05, 0) is 26.2 Å². The number of nitrogens with zero attached hydrogens (tertiary/aromatic N) is 1. The van der Waals surface area contributed by atoms with E-state index in [9.17, 15) is 9.59 Å². The highest BCUT2D eigenvalue weighted by atomic mass is 16.4. The van der Waals surface area contributed by atoms with Gasteiger partial charge in [-0.1, -0.05) is 13.8 Å². The SMILES string of the molecule is CC(C)CCN(C)C(=O)CC(C)(C)C(=O)O. The predicted octanol–water partition coefficient (Wildman–Crippen LogP) is 1.99. The van der Waals surface area contributed by atoms with Crippen LogP contribution in [-0.4, -0.2) is 35.5 Å². The Bertz CT molecular complexity index is 259.